The number of sulfonamides is 1. The Morgan fingerprint density at radius 2 is 1.86 bits per heavy atom. The summed E-state index contributed by atoms with van der Waals surface area (Å²) in [5.41, 5.74) is -0.107. The first kappa shape index (κ1) is 20.8. The number of benzene rings is 2. The SMILES string of the molecule is C[C@@H]1C[C@@H](C)CN(S(=O)(=O)c2ccc(Oc3cccc(C#N)c3)c([N+](=O)[O-])c2)C1. The Morgan fingerprint density at radius 3 is 2.48 bits per heavy atom. The summed E-state index contributed by atoms with van der Waals surface area (Å²) >= 11 is 0. The van der Waals surface area contributed by atoms with E-state index in [4.69, 9.17) is 10.00 Å². The van der Waals surface area contributed by atoms with Crippen LogP contribution in [0.1, 0.15) is 25.8 Å². The summed E-state index contributed by atoms with van der Waals surface area (Å²) in [7, 11) is -3.85. The third-order valence-corrected chi connectivity index (χ3v) is 6.62. The van der Waals surface area contributed by atoms with Crippen LogP contribution in [0.4, 0.5) is 5.69 Å². The first-order chi connectivity index (χ1) is 13.7. The second-order valence-electron chi connectivity index (χ2n) is 7.40. The number of ether oxygens (including phenoxy) is 1. The summed E-state index contributed by atoms with van der Waals surface area (Å²) < 4.78 is 33.0. The van der Waals surface area contributed by atoms with Crippen LogP contribution >= 0.6 is 0 Å². The number of nitrogens with zero attached hydrogens (tertiary/aromatic N) is 3. The highest BCUT2D eigenvalue weighted by Crippen LogP contribution is 2.35. The van der Waals surface area contributed by atoms with E-state index in [0.717, 1.165) is 12.5 Å². The molecule has 2 aromatic rings. The van der Waals surface area contributed by atoms with E-state index in [1.54, 1.807) is 18.2 Å². The Morgan fingerprint density at radius 1 is 1.17 bits per heavy atom. The average Bonchev–Trinajstić information content (AvgIpc) is 2.67. The lowest BCUT2D eigenvalue weighted by atomic mass is 9.94. The second-order valence-corrected chi connectivity index (χ2v) is 9.33. The fraction of sp³-hybridized carbons (Fsp3) is 0.350. The van der Waals surface area contributed by atoms with E-state index in [2.05, 4.69) is 0 Å². The van der Waals surface area contributed by atoms with Gasteiger partial charge in [-0.2, -0.15) is 9.57 Å². The molecule has 0 aliphatic carbocycles. The summed E-state index contributed by atoms with van der Waals surface area (Å²) in [6.45, 7) is 4.76. The minimum atomic E-state index is -3.85. The van der Waals surface area contributed by atoms with Gasteiger partial charge < -0.3 is 4.74 Å². The van der Waals surface area contributed by atoms with Gasteiger partial charge in [-0.25, -0.2) is 8.42 Å². The van der Waals surface area contributed by atoms with Gasteiger partial charge in [-0.1, -0.05) is 19.9 Å². The Hall–Kier alpha value is -2.96. The van der Waals surface area contributed by atoms with Gasteiger partial charge >= 0.3 is 5.69 Å². The lowest BCUT2D eigenvalue weighted by molar-refractivity contribution is -0.385. The highest BCUT2D eigenvalue weighted by Gasteiger charge is 2.33. The predicted octanol–water partition coefficient (Wildman–Crippen LogP) is 3.93. The van der Waals surface area contributed by atoms with Gasteiger partial charge in [0.25, 0.3) is 0 Å². The van der Waals surface area contributed by atoms with Gasteiger partial charge in [-0.15, -0.1) is 0 Å². The van der Waals surface area contributed by atoms with Crippen molar-refractivity contribution in [2.75, 3.05) is 13.1 Å². The van der Waals surface area contributed by atoms with Crippen molar-refractivity contribution in [3.05, 3.63) is 58.1 Å². The number of nitriles is 1. The number of nitro groups is 1. The minimum absolute atomic E-state index is 0.0931. The molecule has 0 unspecified atom stereocenters. The molecule has 0 amide bonds. The van der Waals surface area contributed by atoms with E-state index in [0.29, 0.717) is 18.7 Å². The van der Waals surface area contributed by atoms with Gasteiger partial charge in [-0.3, -0.25) is 10.1 Å². The number of hydrogen-bond acceptors (Lipinski definition) is 6. The van der Waals surface area contributed by atoms with Crippen molar-refractivity contribution in [3.8, 4) is 17.6 Å². The summed E-state index contributed by atoms with van der Waals surface area (Å²) in [5.74, 6) is 0.600. The smallest absolute Gasteiger partial charge is 0.312 e. The molecule has 29 heavy (non-hydrogen) atoms. The Bertz CT molecular complexity index is 1070. The summed E-state index contributed by atoms with van der Waals surface area (Å²) in [4.78, 5) is 10.7. The molecule has 0 aromatic heterocycles. The zero-order chi connectivity index (χ0) is 21.2. The number of piperidine rings is 1. The molecular weight excluding hydrogens is 394 g/mol. The first-order valence-electron chi connectivity index (χ1n) is 9.17. The molecule has 9 heteroatoms. The van der Waals surface area contributed by atoms with E-state index in [1.165, 1.54) is 22.5 Å². The maximum Gasteiger partial charge on any atom is 0.312 e. The molecular formula is C20H21N3O5S. The molecule has 3 rings (SSSR count). The van der Waals surface area contributed by atoms with Crippen molar-refractivity contribution >= 4 is 15.7 Å². The molecule has 1 fully saturated rings. The highest BCUT2D eigenvalue weighted by molar-refractivity contribution is 7.89. The van der Waals surface area contributed by atoms with Crippen LogP contribution < -0.4 is 4.74 Å². The Balaban J connectivity index is 1.95. The van der Waals surface area contributed by atoms with E-state index in [9.17, 15) is 18.5 Å². The molecule has 0 bridgehead atoms. The van der Waals surface area contributed by atoms with Crippen molar-refractivity contribution in [1.82, 2.24) is 4.31 Å². The largest absolute Gasteiger partial charge is 0.450 e. The molecule has 152 valence electrons. The molecule has 2 aromatic carbocycles. The first-order valence-corrected chi connectivity index (χ1v) is 10.6. The maximum atomic E-state index is 13.0. The summed E-state index contributed by atoms with van der Waals surface area (Å²) in [6.07, 6.45) is 0.945. The van der Waals surface area contributed by atoms with Crippen LogP contribution in [0.15, 0.2) is 47.4 Å². The van der Waals surface area contributed by atoms with Crippen molar-refractivity contribution in [2.45, 2.75) is 25.2 Å². The molecule has 2 atom stereocenters. The van der Waals surface area contributed by atoms with Gasteiger partial charge in [0.05, 0.1) is 21.5 Å². The molecule has 1 saturated heterocycles. The molecule has 1 heterocycles. The van der Waals surface area contributed by atoms with Gasteiger partial charge in [0.1, 0.15) is 5.75 Å². The van der Waals surface area contributed by atoms with Crippen molar-refractivity contribution in [1.29, 1.82) is 5.26 Å². The second kappa shape index (κ2) is 8.19. The Kier molecular flexibility index (Phi) is 5.86. The van der Waals surface area contributed by atoms with Gasteiger partial charge in [-0.05, 0) is 48.6 Å². The van der Waals surface area contributed by atoms with Gasteiger partial charge in [0.2, 0.25) is 15.8 Å². The maximum absolute atomic E-state index is 13.0. The van der Waals surface area contributed by atoms with Crippen molar-refractivity contribution in [2.24, 2.45) is 11.8 Å². The Labute approximate surface area is 169 Å². The van der Waals surface area contributed by atoms with E-state index in [-0.39, 0.29) is 28.2 Å². The minimum Gasteiger partial charge on any atom is -0.450 e. The zero-order valence-corrected chi connectivity index (χ0v) is 16.9. The van der Waals surface area contributed by atoms with Crippen molar-refractivity contribution in [3.63, 3.8) is 0 Å². The monoisotopic (exact) mass is 415 g/mol. The van der Waals surface area contributed by atoms with Crippen LogP contribution in [0.5, 0.6) is 11.5 Å². The van der Waals surface area contributed by atoms with Crippen LogP contribution in [0.3, 0.4) is 0 Å². The van der Waals surface area contributed by atoms with Crippen LogP contribution in [0.2, 0.25) is 0 Å². The van der Waals surface area contributed by atoms with Gasteiger partial charge in [0.15, 0.2) is 0 Å². The fourth-order valence-corrected chi connectivity index (χ4v) is 5.29. The van der Waals surface area contributed by atoms with Gasteiger partial charge in [0, 0.05) is 19.2 Å². The van der Waals surface area contributed by atoms with Crippen molar-refractivity contribution < 1.29 is 18.1 Å². The highest BCUT2D eigenvalue weighted by atomic mass is 32.2. The third-order valence-electron chi connectivity index (χ3n) is 4.79. The predicted molar refractivity (Wildman–Crippen MR) is 106 cm³/mol. The van der Waals surface area contributed by atoms with Crippen LogP contribution in [0, 0.1) is 33.3 Å². The number of nitro benzene ring substituents is 1. The van der Waals surface area contributed by atoms with Crippen LogP contribution in [0.25, 0.3) is 0 Å². The molecule has 1 aliphatic rings. The lowest BCUT2D eigenvalue weighted by Gasteiger charge is -2.34. The molecule has 0 saturated carbocycles. The average molecular weight is 415 g/mol. The quantitative estimate of drug-likeness (QED) is 0.540. The van der Waals surface area contributed by atoms with Crippen LogP contribution in [-0.2, 0) is 10.0 Å². The lowest BCUT2D eigenvalue weighted by Crippen LogP contribution is -2.42. The third kappa shape index (κ3) is 4.55. The van der Waals surface area contributed by atoms with E-state index in [1.807, 2.05) is 19.9 Å². The number of rotatable bonds is 5. The molecule has 0 spiro atoms. The molecule has 0 radical (unpaired) electrons. The topological polar surface area (TPSA) is 114 Å². The zero-order valence-electron chi connectivity index (χ0n) is 16.1. The molecule has 1 aliphatic heterocycles. The molecule has 0 N–H and O–H groups in total. The number of hydrogen-bond donors (Lipinski definition) is 0. The standard InChI is InChI=1S/C20H21N3O5S/c1-14-8-15(2)13-22(12-14)29(26,27)18-6-7-20(19(10-18)23(24)25)28-17-5-3-4-16(9-17)11-21/h3-7,9-10,14-15H,8,12-13H2,1-2H3/t14-,15-/m1/s1. The normalized spacial score (nSPS) is 20.0. The fourth-order valence-electron chi connectivity index (χ4n) is 3.59. The molecule has 8 nitrogen and oxygen atoms in total. The van der Waals surface area contributed by atoms with E-state index < -0.39 is 20.6 Å². The summed E-state index contributed by atoms with van der Waals surface area (Å²) in [5, 5.41) is 20.5. The van der Waals surface area contributed by atoms with E-state index >= 15 is 0 Å². The summed E-state index contributed by atoms with van der Waals surface area (Å²) in [6, 6.07) is 11.8. The van der Waals surface area contributed by atoms with Crippen LogP contribution in [-0.4, -0.2) is 30.7 Å².